The van der Waals surface area contributed by atoms with Crippen molar-refractivity contribution in [2.45, 2.75) is 32.7 Å². The summed E-state index contributed by atoms with van der Waals surface area (Å²) in [4.78, 5) is 11.1. The lowest BCUT2D eigenvalue weighted by Gasteiger charge is -2.24. The van der Waals surface area contributed by atoms with Crippen LogP contribution in [0.4, 0.5) is 11.4 Å². The van der Waals surface area contributed by atoms with Crippen LogP contribution in [0, 0.1) is 6.92 Å². The molecule has 0 aliphatic carbocycles. The van der Waals surface area contributed by atoms with E-state index in [2.05, 4.69) is 10.6 Å². The first-order valence-corrected chi connectivity index (χ1v) is 8.53. The van der Waals surface area contributed by atoms with Gasteiger partial charge in [0.15, 0.2) is 9.84 Å². The first-order chi connectivity index (χ1) is 9.35. The number of sulfone groups is 1. The lowest BCUT2D eigenvalue weighted by Crippen LogP contribution is -2.34. The van der Waals surface area contributed by atoms with Crippen LogP contribution in [0.1, 0.15) is 25.3 Å². The third kappa shape index (κ3) is 3.96. The summed E-state index contributed by atoms with van der Waals surface area (Å²) in [5.41, 5.74) is 2.56. The van der Waals surface area contributed by atoms with Crippen molar-refractivity contribution in [2.75, 3.05) is 22.1 Å². The van der Waals surface area contributed by atoms with Gasteiger partial charge in [-0.15, -0.1) is 0 Å². The highest BCUT2D eigenvalue weighted by atomic mass is 32.2. The molecule has 1 atom stereocenters. The Morgan fingerprint density at radius 2 is 2.10 bits per heavy atom. The fourth-order valence-electron chi connectivity index (χ4n) is 2.41. The Kier molecular flexibility index (Phi) is 4.32. The third-order valence-corrected chi connectivity index (χ3v) is 5.20. The Bertz CT molecular complexity index is 611. The Morgan fingerprint density at radius 3 is 2.75 bits per heavy atom. The number of anilines is 2. The van der Waals surface area contributed by atoms with Gasteiger partial charge in [0.25, 0.3) is 0 Å². The summed E-state index contributed by atoms with van der Waals surface area (Å²) in [7, 11) is -2.92. The maximum absolute atomic E-state index is 11.6. The lowest BCUT2D eigenvalue weighted by molar-refractivity contribution is -0.114. The Labute approximate surface area is 119 Å². The number of benzene rings is 1. The molecule has 1 aromatic carbocycles. The second-order valence-corrected chi connectivity index (χ2v) is 7.54. The minimum absolute atomic E-state index is 0.0540. The Hall–Kier alpha value is -1.56. The molecule has 2 rings (SSSR count). The standard InChI is InChI=1S/C14H20N2O3S/c1-10-5-6-12(8-14(10)15-11(2)17)16-13-4-3-7-20(18,19)9-13/h5-6,8,13,16H,3-4,7,9H2,1-2H3,(H,15,17). The van der Waals surface area contributed by atoms with E-state index in [1.807, 2.05) is 25.1 Å². The molecule has 5 nitrogen and oxygen atoms in total. The smallest absolute Gasteiger partial charge is 0.221 e. The van der Waals surface area contributed by atoms with E-state index in [-0.39, 0.29) is 23.5 Å². The van der Waals surface area contributed by atoms with Gasteiger partial charge in [-0.1, -0.05) is 6.07 Å². The molecule has 0 radical (unpaired) electrons. The van der Waals surface area contributed by atoms with E-state index in [4.69, 9.17) is 0 Å². The summed E-state index contributed by atoms with van der Waals surface area (Å²) in [6.45, 7) is 3.38. The van der Waals surface area contributed by atoms with Gasteiger partial charge in [-0.25, -0.2) is 8.42 Å². The quantitative estimate of drug-likeness (QED) is 0.894. The zero-order chi connectivity index (χ0) is 14.8. The zero-order valence-corrected chi connectivity index (χ0v) is 12.6. The number of hydrogen-bond donors (Lipinski definition) is 2. The van der Waals surface area contributed by atoms with Gasteiger partial charge >= 0.3 is 0 Å². The summed E-state index contributed by atoms with van der Waals surface area (Å²) in [5.74, 6) is 0.345. The van der Waals surface area contributed by atoms with Crippen LogP contribution in [-0.2, 0) is 14.6 Å². The highest BCUT2D eigenvalue weighted by molar-refractivity contribution is 7.91. The maximum Gasteiger partial charge on any atom is 0.221 e. The number of rotatable bonds is 3. The Balaban J connectivity index is 2.11. The highest BCUT2D eigenvalue weighted by Gasteiger charge is 2.24. The summed E-state index contributed by atoms with van der Waals surface area (Å²) in [6.07, 6.45) is 1.55. The van der Waals surface area contributed by atoms with Crippen LogP contribution in [0.15, 0.2) is 18.2 Å². The normalized spacial score (nSPS) is 21.2. The van der Waals surface area contributed by atoms with Crippen molar-refractivity contribution in [2.24, 2.45) is 0 Å². The van der Waals surface area contributed by atoms with Gasteiger partial charge in [0.05, 0.1) is 11.5 Å². The second kappa shape index (κ2) is 5.83. The molecule has 6 heteroatoms. The van der Waals surface area contributed by atoms with Gasteiger partial charge in [0, 0.05) is 24.3 Å². The number of carbonyl (C=O) groups excluding carboxylic acids is 1. The fraction of sp³-hybridized carbons (Fsp3) is 0.500. The van der Waals surface area contributed by atoms with Gasteiger partial charge < -0.3 is 10.6 Å². The van der Waals surface area contributed by atoms with Crippen molar-refractivity contribution in [3.8, 4) is 0 Å². The molecule has 1 fully saturated rings. The van der Waals surface area contributed by atoms with Gasteiger partial charge in [0.2, 0.25) is 5.91 Å². The van der Waals surface area contributed by atoms with E-state index in [1.165, 1.54) is 6.92 Å². The van der Waals surface area contributed by atoms with Crippen molar-refractivity contribution in [1.29, 1.82) is 0 Å². The molecule has 110 valence electrons. The van der Waals surface area contributed by atoms with Crippen LogP contribution in [0.25, 0.3) is 0 Å². The molecular weight excluding hydrogens is 276 g/mol. The van der Waals surface area contributed by atoms with Crippen LogP contribution >= 0.6 is 0 Å². The molecule has 1 aromatic rings. The average molecular weight is 296 g/mol. The lowest BCUT2D eigenvalue weighted by atomic mass is 10.1. The monoisotopic (exact) mass is 296 g/mol. The van der Waals surface area contributed by atoms with E-state index >= 15 is 0 Å². The molecule has 1 amide bonds. The predicted molar refractivity (Wildman–Crippen MR) is 80.8 cm³/mol. The molecule has 1 aliphatic rings. The third-order valence-electron chi connectivity index (χ3n) is 3.38. The SMILES string of the molecule is CC(=O)Nc1cc(NC2CCCS(=O)(=O)C2)ccc1C. The molecule has 0 spiro atoms. The summed E-state index contributed by atoms with van der Waals surface area (Å²) in [5, 5.41) is 6.02. The van der Waals surface area contributed by atoms with Crippen LogP contribution in [-0.4, -0.2) is 31.9 Å². The van der Waals surface area contributed by atoms with Crippen LogP contribution in [0.5, 0.6) is 0 Å². The molecule has 20 heavy (non-hydrogen) atoms. The van der Waals surface area contributed by atoms with Crippen molar-refractivity contribution in [1.82, 2.24) is 0 Å². The average Bonchev–Trinajstić information content (AvgIpc) is 2.31. The summed E-state index contributed by atoms with van der Waals surface area (Å²) in [6, 6.07) is 5.60. The molecule has 0 saturated carbocycles. The number of carbonyl (C=O) groups is 1. The molecule has 1 saturated heterocycles. The predicted octanol–water partition coefficient (Wildman–Crippen LogP) is 1.94. The van der Waals surface area contributed by atoms with Crippen LogP contribution < -0.4 is 10.6 Å². The number of aryl methyl sites for hydroxylation is 1. The molecule has 0 bridgehead atoms. The minimum atomic E-state index is -2.92. The van der Waals surface area contributed by atoms with E-state index in [0.29, 0.717) is 6.42 Å². The van der Waals surface area contributed by atoms with Gasteiger partial charge in [0.1, 0.15) is 0 Å². The molecule has 2 N–H and O–H groups in total. The van der Waals surface area contributed by atoms with Crippen molar-refractivity contribution in [3.05, 3.63) is 23.8 Å². The number of hydrogen-bond acceptors (Lipinski definition) is 4. The van der Waals surface area contributed by atoms with E-state index in [9.17, 15) is 13.2 Å². The van der Waals surface area contributed by atoms with Crippen LogP contribution in [0.3, 0.4) is 0 Å². The topological polar surface area (TPSA) is 75.3 Å². The maximum atomic E-state index is 11.6. The van der Waals surface area contributed by atoms with Gasteiger partial charge in [-0.2, -0.15) is 0 Å². The molecule has 1 aliphatic heterocycles. The van der Waals surface area contributed by atoms with E-state index in [1.54, 1.807) is 0 Å². The number of amides is 1. The number of nitrogens with one attached hydrogen (secondary N) is 2. The van der Waals surface area contributed by atoms with E-state index in [0.717, 1.165) is 23.4 Å². The molecule has 1 heterocycles. The van der Waals surface area contributed by atoms with E-state index < -0.39 is 9.84 Å². The second-order valence-electron chi connectivity index (χ2n) is 5.31. The van der Waals surface area contributed by atoms with Crippen molar-refractivity contribution < 1.29 is 13.2 Å². The minimum Gasteiger partial charge on any atom is -0.381 e. The van der Waals surface area contributed by atoms with Crippen molar-refractivity contribution in [3.63, 3.8) is 0 Å². The molecule has 0 aromatic heterocycles. The van der Waals surface area contributed by atoms with Gasteiger partial charge in [-0.05, 0) is 37.5 Å². The fourth-order valence-corrected chi connectivity index (χ4v) is 4.04. The van der Waals surface area contributed by atoms with Crippen LogP contribution in [0.2, 0.25) is 0 Å². The largest absolute Gasteiger partial charge is 0.381 e. The first kappa shape index (κ1) is 14.8. The molecule has 1 unspecified atom stereocenters. The van der Waals surface area contributed by atoms with Crippen molar-refractivity contribution >= 4 is 27.1 Å². The highest BCUT2D eigenvalue weighted by Crippen LogP contribution is 2.23. The summed E-state index contributed by atoms with van der Waals surface area (Å²) >= 11 is 0. The zero-order valence-electron chi connectivity index (χ0n) is 11.8. The van der Waals surface area contributed by atoms with Gasteiger partial charge in [-0.3, -0.25) is 4.79 Å². The Morgan fingerprint density at radius 1 is 1.35 bits per heavy atom. The first-order valence-electron chi connectivity index (χ1n) is 6.71. The molecular formula is C14H20N2O3S. The summed E-state index contributed by atoms with van der Waals surface area (Å²) < 4.78 is 23.2.